The molecule has 0 bridgehead atoms. The van der Waals surface area contributed by atoms with Gasteiger partial charge in [0.1, 0.15) is 5.69 Å². The van der Waals surface area contributed by atoms with Gasteiger partial charge in [0.25, 0.3) is 0 Å². The molecule has 16 heavy (non-hydrogen) atoms. The molecule has 0 saturated carbocycles. The van der Waals surface area contributed by atoms with Crippen LogP contribution >= 0.6 is 0 Å². The lowest BCUT2D eigenvalue weighted by atomic mass is 10.2. The molecule has 0 aliphatic rings. The van der Waals surface area contributed by atoms with Crippen molar-refractivity contribution >= 4 is 11.9 Å². The molecule has 0 heterocycles. The third-order valence-corrected chi connectivity index (χ3v) is 2.01. The predicted octanol–water partition coefficient (Wildman–Crippen LogP) is 3.59. The highest BCUT2D eigenvalue weighted by Gasteiger charge is 2.05. The van der Waals surface area contributed by atoms with Crippen LogP contribution in [0.4, 0.5) is 14.5 Å². The second-order valence-electron chi connectivity index (χ2n) is 3.16. The van der Waals surface area contributed by atoms with Crippen LogP contribution in [-0.2, 0) is 0 Å². The monoisotopic (exact) mass is 216 g/mol. The zero-order valence-corrected chi connectivity index (χ0v) is 8.32. The Hall–Kier alpha value is -2.03. The third kappa shape index (κ3) is 2.31. The van der Waals surface area contributed by atoms with Crippen molar-refractivity contribution in [3.05, 3.63) is 65.7 Å². The molecular weight excluding hydrogens is 208 g/mol. The van der Waals surface area contributed by atoms with Crippen molar-refractivity contribution < 1.29 is 8.78 Å². The van der Waals surface area contributed by atoms with E-state index in [1.54, 1.807) is 24.3 Å². The molecule has 2 rings (SSSR count). The summed E-state index contributed by atoms with van der Waals surface area (Å²) in [5, 5.41) is 0. The Balaban J connectivity index is 2.31. The van der Waals surface area contributed by atoms with Crippen LogP contribution in [0.15, 0.2) is 53.5 Å². The number of benzene rings is 2. The smallest absolute Gasteiger partial charge is 0.151 e. The number of hydrogen-bond donors (Lipinski definition) is 0. The van der Waals surface area contributed by atoms with Crippen LogP contribution < -0.4 is 0 Å². The first-order valence-electron chi connectivity index (χ1n) is 4.73. The van der Waals surface area contributed by atoms with Gasteiger partial charge in [-0.2, -0.15) is 0 Å². The molecule has 3 heteroatoms. The van der Waals surface area contributed by atoms with Gasteiger partial charge in [-0.25, -0.2) is 13.8 Å². The summed E-state index contributed by atoms with van der Waals surface area (Å²) < 4.78 is 26.4. The van der Waals surface area contributed by atoms with Gasteiger partial charge < -0.3 is 0 Å². The number of nitrogens with zero attached hydrogens (tertiary/aromatic N) is 1. The molecule has 0 atom stereocenters. The normalized spacial score (nSPS) is 10.9. The zero-order chi connectivity index (χ0) is 11.4. The molecule has 79 valence electrons. The fourth-order valence-corrected chi connectivity index (χ4v) is 1.23. The SMILES string of the molecule is Fc1cccc(F)c1N=[C]c1ccccc1. The topological polar surface area (TPSA) is 12.4 Å². The fraction of sp³-hybridized carbons (Fsp3) is 0. The molecule has 2 aromatic carbocycles. The number of rotatable bonds is 2. The molecule has 0 amide bonds. The molecule has 2 aromatic rings. The highest BCUT2D eigenvalue weighted by molar-refractivity contribution is 5.81. The Morgan fingerprint density at radius 1 is 0.812 bits per heavy atom. The maximum absolute atomic E-state index is 13.2. The van der Waals surface area contributed by atoms with Crippen LogP contribution in [0.3, 0.4) is 0 Å². The summed E-state index contributed by atoms with van der Waals surface area (Å²) in [4.78, 5) is 3.68. The first kappa shape index (κ1) is 10.5. The minimum Gasteiger partial charge on any atom is -0.240 e. The van der Waals surface area contributed by atoms with E-state index >= 15 is 0 Å². The average Bonchev–Trinajstić information content (AvgIpc) is 2.30. The largest absolute Gasteiger partial charge is 0.240 e. The van der Waals surface area contributed by atoms with Gasteiger partial charge in [-0.05, 0) is 12.1 Å². The molecule has 0 aromatic heterocycles. The van der Waals surface area contributed by atoms with Crippen LogP contribution in [0, 0.1) is 11.6 Å². The van der Waals surface area contributed by atoms with E-state index in [-0.39, 0.29) is 5.69 Å². The van der Waals surface area contributed by atoms with Crippen molar-refractivity contribution in [2.24, 2.45) is 4.99 Å². The van der Waals surface area contributed by atoms with E-state index in [2.05, 4.69) is 11.2 Å². The summed E-state index contributed by atoms with van der Waals surface area (Å²) in [7, 11) is 0. The van der Waals surface area contributed by atoms with Crippen LogP contribution in [0.1, 0.15) is 5.56 Å². The highest BCUT2D eigenvalue weighted by atomic mass is 19.1. The Morgan fingerprint density at radius 2 is 1.44 bits per heavy atom. The van der Waals surface area contributed by atoms with Gasteiger partial charge in [0.15, 0.2) is 11.6 Å². The van der Waals surface area contributed by atoms with E-state index in [1.165, 1.54) is 6.07 Å². The van der Waals surface area contributed by atoms with E-state index in [1.807, 2.05) is 6.07 Å². The number of hydrogen-bond acceptors (Lipinski definition) is 1. The van der Waals surface area contributed by atoms with Gasteiger partial charge >= 0.3 is 0 Å². The summed E-state index contributed by atoms with van der Waals surface area (Å²) in [5.41, 5.74) is 0.358. The van der Waals surface area contributed by atoms with Gasteiger partial charge in [0, 0.05) is 5.56 Å². The summed E-state index contributed by atoms with van der Waals surface area (Å²) in [5.74, 6) is -1.38. The third-order valence-electron chi connectivity index (χ3n) is 2.01. The standard InChI is InChI=1S/C13H8F2N/c14-11-7-4-8-12(15)13(11)16-9-10-5-2-1-3-6-10/h1-8H. The second kappa shape index (κ2) is 4.66. The molecule has 1 radical (unpaired) electrons. The Morgan fingerprint density at radius 3 is 2.06 bits per heavy atom. The van der Waals surface area contributed by atoms with Crippen molar-refractivity contribution in [1.29, 1.82) is 0 Å². The summed E-state index contributed by atoms with van der Waals surface area (Å²) >= 11 is 0. The number of aliphatic imine (C=N–C) groups is 1. The fourth-order valence-electron chi connectivity index (χ4n) is 1.23. The van der Waals surface area contributed by atoms with Crippen molar-refractivity contribution in [2.75, 3.05) is 0 Å². The molecule has 0 aliphatic carbocycles. The Labute approximate surface area is 92.1 Å². The van der Waals surface area contributed by atoms with Gasteiger partial charge in [0.2, 0.25) is 0 Å². The lowest BCUT2D eigenvalue weighted by Crippen LogP contribution is -1.84. The minimum atomic E-state index is -0.691. The molecule has 0 saturated heterocycles. The van der Waals surface area contributed by atoms with Crippen molar-refractivity contribution in [3.8, 4) is 0 Å². The number of para-hydroxylation sites is 1. The average molecular weight is 216 g/mol. The van der Waals surface area contributed by atoms with Crippen LogP contribution in [0.5, 0.6) is 0 Å². The molecule has 1 nitrogen and oxygen atoms in total. The van der Waals surface area contributed by atoms with Gasteiger partial charge in [-0.15, -0.1) is 0 Å². The van der Waals surface area contributed by atoms with Gasteiger partial charge in [-0.3, -0.25) is 0 Å². The van der Waals surface area contributed by atoms with E-state index in [4.69, 9.17) is 0 Å². The van der Waals surface area contributed by atoms with E-state index in [0.29, 0.717) is 5.56 Å². The van der Waals surface area contributed by atoms with Crippen LogP contribution in [-0.4, -0.2) is 6.21 Å². The lowest BCUT2D eigenvalue weighted by Gasteiger charge is -1.97. The maximum atomic E-state index is 13.2. The lowest BCUT2D eigenvalue weighted by molar-refractivity contribution is 0.587. The van der Waals surface area contributed by atoms with E-state index in [9.17, 15) is 8.78 Å². The predicted molar refractivity (Wildman–Crippen MR) is 59.0 cm³/mol. The van der Waals surface area contributed by atoms with Crippen LogP contribution in [0.2, 0.25) is 0 Å². The second-order valence-corrected chi connectivity index (χ2v) is 3.16. The summed E-state index contributed by atoms with van der Waals surface area (Å²) in [6, 6.07) is 12.6. The zero-order valence-electron chi connectivity index (χ0n) is 8.32. The number of halogens is 2. The molecular formula is C13H8F2N. The Bertz CT molecular complexity index is 486. The molecule has 0 fully saturated rings. The van der Waals surface area contributed by atoms with Gasteiger partial charge in [-0.1, -0.05) is 36.4 Å². The first-order chi connectivity index (χ1) is 7.77. The van der Waals surface area contributed by atoms with Crippen molar-refractivity contribution in [2.45, 2.75) is 0 Å². The highest BCUT2D eigenvalue weighted by Crippen LogP contribution is 2.21. The minimum absolute atomic E-state index is 0.314. The van der Waals surface area contributed by atoms with E-state index in [0.717, 1.165) is 12.1 Å². The van der Waals surface area contributed by atoms with Crippen molar-refractivity contribution in [1.82, 2.24) is 0 Å². The van der Waals surface area contributed by atoms with Crippen LogP contribution in [0.25, 0.3) is 0 Å². The maximum Gasteiger partial charge on any atom is 0.151 e. The van der Waals surface area contributed by atoms with Gasteiger partial charge in [0.05, 0.1) is 6.21 Å². The first-order valence-corrected chi connectivity index (χ1v) is 4.73. The van der Waals surface area contributed by atoms with Crippen molar-refractivity contribution in [3.63, 3.8) is 0 Å². The molecule has 0 aliphatic heterocycles. The molecule has 0 N–H and O–H groups in total. The Kier molecular flexibility index (Phi) is 3.05. The quantitative estimate of drug-likeness (QED) is 0.680. The van der Waals surface area contributed by atoms with E-state index < -0.39 is 11.6 Å². The molecule has 0 unspecified atom stereocenters. The summed E-state index contributed by atoms with van der Waals surface area (Å²) in [6.45, 7) is 0. The molecule has 0 spiro atoms. The summed E-state index contributed by atoms with van der Waals surface area (Å²) in [6.07, 6.45) is 2.59.